The predicted molar refractivity (Wildman–Crippen MR) is 83.8 cm³/mol. The van der Waals surface area contributed by atoms with Crippen LogP contribution in [-0.4, -0.2) is 19.1 Å². The summed E-state index contributed by atoms with van der Waals surface area (Å²) in [6.07, 6.45) is 6.94. The number of benzene rings is 1. The molecule has 1 aromatic carbocycles. The van der Waals surface area contributed by atoms with Crippen LogP contribution in [0.5, 0.6) is 0 Å². The molecule has 0 aliphatic heterocycles. The van der Waals surface area contributed by atoms with E-state index in [1.807, 2.05) is 0 Å². The van der Waals surface area contributed by atoms with Crippen molar-refractivity contribution in [2.45, 2.75) is 57.4 Å². The van der Waals surface area contributed by atoms with Crippen molar-refractivity contribution in [1.82, 2.24) is 0 Å². The van der Waals surface area contributed by atoms with Gasteiger partial charge in [0, 0.05) is 24.8 Å². The highest BCUT2D eigenvalue weighted by Gasteiger charge is 2.17. The Hall–Kier alpha value is -1.02. The summed E-state index contributed by atoms with van der Waals surface area (Å²) < 4.78 is 0. The van der Waals surface area contributed by atoms with Gasteiger partial charge in [0.15, 0.2) is 0 Å². The zero-order chi connectivity index (χ0) is 13.9. The lowest BCUT2D eigenvalue weighted by Gasteiger charge is -2.29. The van der Waals surface area contributed by atoms with Gasteiger partial charge in [-0.15, -0.1) is 0 Å². The van der Waals surface area contributed by atoms with Crippen molar-refractivity contribution in [1.29, 1.82) is 0 Å². The van der Waals surface area contributed by atoms with E-state index in [4.69, 9.17) is 5.73 Å². The van der Waals surface area contributed by atoms with E-state index >= 15 is 0 Å². The van der Waals surface area contributed by atoms with Crippen molar-refractivity contribution in [3.8, 4) is 0 Å². The van der Waals surface area contributed by atoms with Gasteiger partial charge in [0.05, 0.1) is 0 Å². The fourth-order valence-electron chi connectivity index (χ4n) is 3.14. The van der Waals surface area contributed by atoms with Crippen molar-refractivity contribution < 1.29 is 0 Å². The molecule has 1 aliphatic rings. The molecule has 0 saturated heterocycles. The van der Waals surface area contributed by atoms with Gasteiger partial charge >= 0.3 is 0 Å². The van der Waals surface area contributed by atoms with E-state index in [0.717, 1.165) is 12.5 Å². The van der Waals surface area contributed by atoms with Crippen LogP contribution in [0, 0.1) is 0 Å². The minimum Gasteiger partial charge on any atom is -0.373 e. The molecule has 19 heavy (non-hydrogen) atoms. The average Bonchev–Trinajstić information content (AvgIpc) is 2.38. The first-order chi connectivity index (χ1) is 8.96. The van der Waals surface area contributed by atoms with Gasteiger partial charge in [-0.2, -0.15) is 0 Å². The van der Waals surface area contributed by atoms with E-state index in [1.54, 1.807) is 0 Å². The molecule has 0 spiro atoms. The fraction of sp³-hybridized carbons (Fsp3) is 0.647. The summed E-state index contributed by atoms with van der Waals surface area (Å²) in [4.78, 5) is 2.24. The van der Waals surface area contributed by atoms with E-state index in [1.165, 1.54) is 43.4 Å². The Morgan fingerprint density at radius 3 is 2.21 bits per heavy atom. The molecule has 2 heteroatoms. The van der Waals surface area contributed by atoms with Crippen molar-refractivity contribution in [2.24, 2.45) is 5.73 Å². The molecule has 106 valence electrons. The molecule has 2 nitrogen and oxygen atoms in total. The lowest BCUT2D eigenvalue weighted by atomic mass is 9.84. The van der Waals surface area contributed by atoms with Crippen LogP contribution in [0.3, 0.4) is 0 Å². The lowest BCUT2D eigenvalue weighted by Crippen LogP contribution is -2.44. The monoisotopic (exact) mass is 260 g/mol. The van der Waals surface area contributed by atoms with E-state index in [0.29, 0.717) is 0 Å². The minimum absolute atomic E-state index is 0.156. The molecule has 1 aliphatic carbocycles. The largest absolute Gasteiger partial charge is 0.373 e. The van der Waals surface area contributed by atoms with Gasteiger partial charge in [-0.25, -0.2) is 0 Å². The highest BCUT2D eigenvalue weighted by molar-refractivity contribution is 5.47. The van der Waals surface area contributed by atoms with Crippen LogP contribution in [0.15, 0.2) is 24.3 Å². The average molecular weight is 260 g/mol. The molecule has 0 radical (unpaired) electrons. The Bertz CT molecular complexity index is 383. The van der Waals surface area contributed by atoms with Crippen LogP contribution in [-0.2, 0) is 0 Å². The van der Waals surface area contributed by atoms with E-state index in [9.17, 15) is 0 Å². The Labute approximate surface area is 118 Å². The summed E-state index contributed by atoms with van der Waals surface area (Å²) >= 11 is 0. The Kier molecular flexibility index (Phi) is 4.51. The minimum atomic E-state index is -0.156. The maximum atomic E-state index is 6.08. The zero-order valence-corrected chi connectivity index (χ0v) is 12.7. The summed E-state index contributed by atoms with van der Waals surface area (Å²) in [6.45, 7) is 5.01. The second-order valence-corrected chi connectivity index (χ2v) is 6.77. The maximum absolute atomic E-state index is 6.08. The predicted octanol–water partition coefficient (Wildman–Crippen LogP) is 3.91. The zero-order valence-electron chi connectivity index (χ0n) is 12.7. The molecule has 0 atom stereocenters. The first-order valence-corrected chi connectivity index (χ1v) is 7.56. The number of hydrogen-bond acceptors (Lipinski definition) is 2. The van der Waals surface area contributed by atoms with Crippen LogP contribution in [0.25, 0.3) is 0 Å². The second kappa shape index (κ2) is 5.96. The number of nitrogens with zero attached hydrogens (tertiary/aromatic N) is 1. The lowest BCUT2D eigenvalue weighted by molar-refractivity contribution is 0.443. The number of hydrogen-bond donors (Lipinski definition) is 1. The van der Waals surface area contributed by atoms with Crippen molar-refractivity contribution in [2.75, 3.05) is 18.5 Å². The topological polar surface area (TPSA) is 29.3 Å². The number of nitrogens with two attached hydrogens (primary N) is 1. The third-order valence-corrected chi connectivity index (χ3v) is 4.06. The number of rotatable bonds is 4. The van der Waals surface area contributed by atoms with Gasteiger partial charge < -0.3 is 10.6 Å². The molecular weight excluding hydrogens is 232 g/mol. The molecule has 0 heterocycles. The molecule has 0 amide bonds. The fourth-order valence-corrected chi connectivity index (χ4v) is 3.14. The smallest absolute Gasteiger partial charge is 0.0364 e. The van der Waals surface area contributed by atoms with E-state index < -0.39 is 0 Å². The highest BCUT2D eigenvalue weighted by Crippen LogP contribution is 2.33. The van der Waals surface area contributed by atoms with Gasteiger partial charge in [0.1, 0.15) is 0 Å². The van der Waals surface area contributed by atoms with Crippen molar-refractivity contribution in [3.63, 3.8) is 0 Å². The third-order valence-electron chi connectivity index (χ3n) is 4.06. The standard InChI is InChI=1S/C17H28N2/c1-17(2,18)13-19(3)16-11-9-15(10-12-16)14-7-5-4-6-8-14/h9-12,14H,4-8,13,18H2,1-3H3. The summed E-state index contributed by atoms with van der Waals surface area (Å²) in [6, 6.07) is 9.11. The van der Waals surface area contributed by atoms with E-state index in [-0.39, 0.29) is 5.54 Å². The van der Waals surface area contributed by atoms with Crippen LogP contribution in [0.1, 0.15) is 57.4 Å². The van der Waals surface area contributed by atoms with Crippen LogP contribution < -0.4 is 10.6 Å². The van der Waals surface area contributed by atoms with Crippen LogP contribution >= 0.6 is 0 Å². The molecule has 0 bridgehead atoms. The Balaban J connectivity index is 2.01. The van der Waals surface area contributed by atoms with Gasteiger partial charge in [-0.3, -0.25) is 0 Å². The van der Waals surface area contributed by atoms with Crippen molar-refractivity contribution >= 4 is 5.69 Å². The molecule has 1 saturated carbocycles. The molecule has 1 aromatic rings. The quantitative estimate of drug-likeness (QED) is 0.889. The normalized spacial score (nSPS) is 17.5. The summed E-state index contributed by atoms with van der Waals surface area (Å²) in [5.41, 5.74) is 8.70. The van der Waals surface area contributed by atoms with Crippen LogP contribution in [0.4, 0.5) is 5.69 Å². The Morgan fingerprint density at radius 2 is 1.68 bits per heavy atom. The summed E-state index contributed by atoms with van der Waals surface area (Å²) in [5, 5.41) is 0. The second-order valence-electron chi connectivity index (χ2n) is 6.77. The van der Waals surface area contributed by atoms with Gasteiger partial charge in [0.2, 0.25) is 0 Å². The maximum Gasteiger partial charge on any atom is 0.0364 e. The molecule has 0 aromatic heterocycles. The Morgan fingerprint density at radius 1 is 1.11 bits per heavy atom. The first kappa shape index (κ1) is 14.4. The number of anilines is 1. The van der Waals surface area contributed by atoms with Gasteiger partial charge in [0.25, 0.3) is 0 Å². The SMILES string of the molecule is CN(CC(C)(C)N)c1ccc(C2CCCCC2)cc1. The molecule has 2 rings (SSSR count). The molecule has 1 fully saturated rings. The van der Waals surface area contributed by atoms with Crippen LogP contribution in [0.2, 0.25) is 0 Å². The van der Waals surface area contributed by atoms with Crippen molar-refractivity contribution in [3.05, 3.63) is 29.8 Å². The van der Waals surface area contributed by atoms with Gasteiger partial charge in [-0.1, -0.05) is 31.4 Å². The van der Waals surface area contributed by atoms with E-state index in [2.05, 4.69) is 50.1 Å². The number of likely N-dealkylation sites (N-methyl/N-ethyl adjacent to an activating group) is 1. The molecule has 2 N–H and O–H groups in total. The first-order valence-electron chi connectivity index (χ1n) is 7.56. The summed E-state index contributed by atoms with van der Waals surface area (Å²) in [7, 11) is 2.12. The molecule has 0 unspecified atom stereocenters. The highest BCUT2D eigenvalue weighted by atomic mass is 15.1. The summed E-state index contributed by atoms with van der Waals surface area (Å²) in [5.74, 6) is 0.791. The van der Waals surface area contributed by atoms with Gasteiger partial charge in [-0.05, 0) is 50.3 Å². The molecular formula is C17H28N2. The third kappa shape index (κ3) is 4.24.